The average Bonchev–Trinajstić information content (AvgIpc) is 2.54. The van der Waals surface area contributed by atoms with Gasteiger partial charge in [0.05, 0.1) is 25.7 Å². The molecule has 1 heterocycles. The van der Waals surface area contributed by atoms with Gasteiger partial charge in [0.1, 0.15) is 0 Å². The molecule has 0 saturated heterocycles. The van der Waals surface area contributed by atoms with Gasteiger partial charge in [-0.25, -0.2) is 4.79 Å². The van der Waals surface area contributed by atoms with Crippen molar-refractivity contribution in [1.82, 2.24) is 4.90 Å². The SMILES string of the molecule is COC(=O)C1=CN(Cc2ccccc2)CCC1C(=O)OC. The Morgan fingerprint density at radius 2 is 1.90 bits per heavy atom. The predicted octanol–water partition coefficient (Wildman–Crippen LogP) is 1.74. The third-order valence-corrected chi connectivity index (χ3v) is 3.54. The Morgan fingerprint density at radius 3 is 2.52 bits per heavy atom. The lowest BCUT2D eigenvalue weighted by molar-refractivity contribution is -0.148. The highest BCUT2D eigenvalue weighted by atomic mass is 16.5. The molecule has 0 spiro atoms. The molecule has 0 fully saturated rings. The lowest BCUT2D eigenvalue weighted by Gasteiger charge is -2.30. The van der Waals surface area contributed by atoms with E-state index < -0.39 is 17.9 Å². The summed E-state index contributed by atoms with van der Waals surface area (Å²) in [7, 11) is 2.64. The summed E-state index contributed by atoms with van der Waals surface area (Å²) in [5, 5.41) is 0. The maximum absolute atomic E-state index is 11.9. The zero-order valence-corrected chi connectivity index (χ0v) is 12.2. The number of nitrogens with zero attached hydrogens (tertiary/aromatic N) is 1. The molecule has 1 aliphatic rings. The molecule has 5 heteroatoms. The number of hydrogen-bond donors (Lipinski definition) is 0. The Balaban J connectivity index is 2.19. The zero-order chi connectivity index (χ0) is 15.2. The number of benzene rings is 1. The molecular formula is C16H19NO4. The van der Waals surface area contributed by atoms with Crippen LogP contribution in [0.25, 0.3) is 0 Å². The van der Waals surface area contributed by atoms with E-state index in [1.807, 2.05) is 35.2 Å². The van der Waals surface area contributed by atoms with Gasteiger partial charge in [-0.05, 0) is 12.0 Å². The van der Waals surface area contributed by atoms with Gasteiger partial charge in [-0.3, -0.25) is 4.79 Å². The van der Waals surface area contributed by atoms with Gasteiger partial charge in [0, 0.05) is 19.3 Å². The van der Waals surface area contributed by atoms with Crippen molar-refractivity contribution in [3.8, 4) is 0 Å². The number of ether oxygens (including phenoxy) is 2. The number of carbonyl (C=O) groups is 2. The van der Waals surface area contributed by atoms with Gasteiger partial charge in [-0.2, -0.15) is 0 Å². The summed E-state index contributed by atoms with van der Waals surface area (Å²) in [5.74, 6) is -1.43. The highest BCUT2D eigenvalue weighted by Crippen LogP contribution is 2.25. The van der Waals surface area contributed by atoms with E-state index in [2.05, 4.69) is 0 Å². The maximum Gasteiger partial charge on any atom is 0.336 e. The molecule has 0 radical (unpaired) electrons. The molecule has 1 aromatic rings. The summed E-state index contributed by atoms with van der Waals surface area (Å²) in [6.07, 6.45) is 2.25. The standard InChI is InChI=1S/C16H19NO4/c1-20-15(18)13-8-9-17(11-14(13)16(19)21-2)10-12-6-4-3-5-7-12/h3-7,11,13H,8-10H2,1-2H3. The van der Waals surface area contributed by atoms with Gasteiger partial charge in [0.15, 0.2) is 0 Å². The smallest absolute Gasteiger partial charge is 0.336 e. The molecule has 2 rings (SSSR count). The average molecular weight is 289 g/mol. The van der Waals surface area contributed by atoms with E-state index in [9.17, 15) is 9.59 Å². The molecule has 0 saturated carbocycles. The molecule has 21 heavy (non-hydrogen) atoms. The summed E-state index contributed by atoms with van der Waals surface area (Å²) < 4.78 is 9.53. The van der Waals surface area contributed by atoms with Crippen LogP contribution in [0.3, 0.4) is 0 Å². The van der Waals surface area contributed by atoms with Crippen LogP contribution in [0.4, 0.5) is 0 Å². The number of hydrogen-bond acceptors (Lipinski definition) is 5. The van der Waals surface area contributed by atoms with Crippen LogP contribution in [0.1, 0.15) is 12.0 Å². The molecule has 1 aromatic carbocycles. The molecule has 5 nitrogen and oxygen atoms in total. The van der Waals surface area contributed by atoms with Gasteiger partial charge in [0.2, 0.25) is 0 Å². The molecule has 0 aliphatic carbocycles. The third-order valence-electron chi connectivity index (χ3n) is 3.54. The lowest BCUT2D eigenvalue weighted by Crippen LogP contribution is -2.34. The summed E-state index contributed by atoms with van der Waals surface area (Å²) in [5.41, 5.74) is 1.50. The van der Waals surface area contributed by atoms with Crippen molar-refractivity contribution >= 4 is 11.9 Å². The fourth-order valence-corrected chi connectivity index (χ4v) is 2.44. The van der Waals surface area contributed by atoms with Crippen molar-refractivity contribution in [2.45, 2.75) is 13.0 Å². The molecule has 112 valence electrons. The fourth-order valence-electron chi connectivity index (χ4n) is 2.44. The van der Waals surface area contributed by atoms with Crippen LogP contribution in [0.5, 0.6) is 0 Å². The summed E-state index contributed by atoms with van der Waals surface area (Å²) in [6.45, 7) is 1.38. The first-order valence-electron chi connectivity index (χ1n) is 6.81. The molecule has 0 amide bonds. The first-order valence-corrected chi connectivity index (χ1v) is 6.81. The topological polar surface area (TPSA) is 55.8 Å². The Bertz CT molecular complexity index is 538. The highest BCUT2D eigenvalue weighted by Gasteiger charge is 2.33. The van der Waals surface area contributed by atoms with E-state index in [-0.39, 0.29) is 0 Å². The van der Waals surface area contributed by atoms with Crippen molar-refractivity contribution < 1.29 is 19.1 Å². The van der Waals surface area contributed by atoms with Crippen LogP contribution in [0.15, 0.2) is 42.1 Å². The molecule has 1 unspecified atom stereocenters. The minimum absolute atomic E-state index is 0.353. The van der Waals surface area contributed by atoms with E-state index in [4.69, 9.17) is 9.47 Å². The quantitative estimate of drug-likeness (QED) is 0.790. The molecular weight excluding hydrogens is 270 g/mol. The zero-order valence-electron chi connectivity index (χ0n) is 12.2. The normalized spacial score (nSPS) is 17.9. The second-order valence-corrected chi connectivity index (χ2v) is 4.90. The van der Waals surface area contributed by atoms with E-state index >= 15 is 0 Å². The minimum Gasteiger partial charge on any atom is -0.469 e. The van der Waals surface area contributed by atoms with Gasteiger partial charge >= 0.3 is 11.9 Å². The summed E-state index contributed by atoms with van der Waals surface area (Å²) in [6, 6.07) is 9.96. The van der Waals surface area contributed by atoms with Gasteiger partial charge in [-0.1, -0.05) is 30.3 Å². The van der Waals surface area contributed by atoms with Crippen LogP contribution in [0, 0.1) is 5.92 Å². The fraction of sp³-hybridized carbons (Fsp3) is 0.375. The van der Waals surface area contributed by atoms with Crippen molar-refractivity contribution in [2.75, 3.05) is 20.8 Å². The Labute approximate surface area is 124 Å². The van der Waals surface area contributed by atoms with Crippen molar-refractivity contribution in [3.05, 3.63) is 47.7 Å². The second-order valence-electron chi connectivity index (χ2n) is 4.90. The Kier molecular flexibility index (Phi) is 4.98. The highest BCUT2D eigenvalue weighted by molar-refractivity contribution is 5.95. The number of methoxy groups -OCH3 is 2. The van der Waals surface area contributed by atoms with Gasteiger partial charge in [-0.15, -0.1) is 0 Å². The first-order chi connectivity index (χ1) is 10.2. The monoisotopic (exact) mass is 289 g/mol. The Hall–Kier alpha value is -2.30. The third kappa shape index (κ3) is 3.62. The van der Waals surface area contributed by atoms with Gasteiger partial charge < -0.3 is 14.4 Å². The van der Waals surface area contributed by atoms with Crippen LogP contribution < -0.4 is 0 Å². The van der Waals surface area contributed by atoms with Gasteiger partial charge in [0.25, 0.3) is 0 Å². The van der Waals surface area contributed by atoms with Crippen LogP contribution in [0.2, 0.25) is 0 Å². The lowest BCUT2D eigenvalue weighted by atomic mass is 9.93. The summed E-state index contributed by atoms with van der Waals surface area (Å²) >= 11 is 0. The molecule has 1 aliphatic heterocycles. The largest absolute Gasteiger partial charge is 0.469 e. The first kappa shape index (κ1) is 15.1. The molecule has 0 aromatic heterocycles. The van der Waals surface area contributed by atoms with Crippen molar-refractivity contribution in [2.24, 2.45) is 5.92 Å². The molecule has 0 N–H and O–H groups in total. The van der Waals surface area contributed by atoms with E-state index in [1.54, 1.807) is 6.20 Å². The maximum atomic E-state index is 11.9. The minimum atomic E-state index is -0.547. The van der Waals surface area contributed by atoms with Crippen molar-refractivity contribution in [3.63, 3.8) is 0 Å². The molecule has 0 bridgehead atoms. The number of carbonyl (C=O) groups excluding carboxylic acids is 2. The summed E-state index contributed by atoms with van der Waals surface area (Å²) in [4.78, 5) is 25.7. The van der Waals surface area contributed by atoms with Crippen molar-refractivity contribution in [1.29, 1.82) is 0 Å². The predicted molar refractivity (Wildman–Crippen MR) is 77.1 cm³/mol. The van der Waals surface area contributed by atoms with Crippen LogP contribution in [-0.2, 0) is 25.6 Å². The van der Waals surface area contributed by atoms with E-state index in [0.717, 1.165) is 5.56 Å². The number of esters is 2. The van der Waals surface area contributed by atoms with Crippen LogP contribution >= 0.6 is 0 Å². The molecule has 1 atom stereocenters. The Morgan fingerprint density at radius 1 is 1.19 bits per heavy atom. The van der Waals surface area contributed by atoms with E-state index in [0.29, 0.717) is 25.1 Å². The van der Waals surface area contributed by atoms with E-state index in [1.165, 1.54) is 14.2 Å². The number of rotatable bonds is 4. The van der Waals surface area contributed by atoms with Crippen LogP contribution in [-0.4, -0.2) is 37.6 Å². The second kappa shape index (κ2) is 6.92.